The van der Waals surface area contributed by atoms with Gasteiger partial charge in [-0.1, -0.05) is 25.3 Å². The van der Waals surface area contributed by atoms with Crippen LogP contribution in [-0.4, -0.2) is 25.0 Å². The summed E-state index contributed by atoms with van der Waals surface area (Å²) in [6.07, 6.45) is -0.0395. The minimum Gasteiger partial charge on any atom is -0.465 e. The van der Waals surface area contributed by atoms with E-state index in [0.29, 0.717) is 11.3 Å². The van der Waals surface area contributed by atoms with Gasteiger partial charge >= 0.3 is 12.1 Å². The van der Waals surface area contributed by atoms with Crippen molar-refractivity contribution >= 4 is 17.6 Å². The minimum atomic E-state index is -4.66. The maximum atomic E-state index is 13.6. The molecule has 0 aromatic heterocycles. The number of ether oxygens (including phenoxy) is 2. The van der Waals surface area contributed by atoms with Crippen LogP contribution in [0.2, 0.25) is 0 Å². The number of halogens is 3. The van der Waals surface area contributed by atoms with E-state index in [1.165, 1.54) is 37.4 Å². The van der Waals surface area contributed by atoms with Gasteiger partial charge in [0, 0.05) is 18.5 Å². The van der Waals surface area contributed by atoms with Crippen molar-refractivity contribution in [2.75, 3.05) is 12.0 Å². The molecule has 0 aliphatic heterocycles. The first-order valence-corrected chi connectivity index (χ1v) is 11.7. The van der Waals surface area contributed by atoms with Gasteiger partial charge in [-0.25, -0.2) is 4.79 Å². The van der Waals surface area contributed by atoms with E-state index in [9.17, 15) is 22.8 Å². The van der Waals surface area contributed by atoms with Gasteiger partial charge in [-0.05, 0) is 62.6 Å². The molecule has 9 heteroatoms. The first kappa shape index (κ1) is 26.5. The number of rotatable bonds is 7. The van der Waals surface area contributed by atoms with Crippen LogP contribution >= 0.6 is 0 Å². The number of carbonyl (C=O) groups is 2. The molecule has 2 aromatic carbocycles. The Kier molecular flexibility index (Phi) is 8.43. The van der Waals surface area contributed by atoms with Gasteiger partial charge in [0.1, 0.15) is 11.5 Å². The summed E-state index contributed by atoms with van der Waals surface area (Å²) in [5.74, 6) is -1.34. The highest BCUT2D eigenvalue weighted by atomic mass is 19.4. The molecule has 6 nitrogen and oxygen atoms in total. The molecule has 0 spiro atoms. The average molecular weight is 493 g/mol. The standard InChI is InChI=1S/C26H31F3N2O4/c1-16(2)31(24(32)18-7-5-4-6-8-18)22-11-10-19(14-20(22)25(33)34-3)35-23-12-9-17(15-30)13-21(23)26(27,28)29/h9-14,16,18H,4-8,15,30H2,1-3H3. The van der Waals surface area contributed by atoms with Crippen LogP contribution in [0.3, 0.4) is 0 Å². The van der Waals surface area contributed by atoms with Crippen LogP contribution in [0.1, 0.15) is 67.4 Å². The maximum absolute atomic E-state index is 13.6. The Morgan fingerprint density at radius 3 is 2.34 bits per heavy atom. The molecular weight excluding hydrogens is 461 g/mol. The smallest absolute Gasteiger partial charge is 0.419 e. The molecule has 0 saturated heterocycles. The molecule has 1 saturated carbocycles. The van der Waals surface area contributed by atoms with Crippen molar-refractivity contribution in [3.05, 3.63) is 53.1 Å². The lowest BCUT2D eigenvalue weighted by Crippen LogP contribution is -2.42. The van der Waals surface area contributed by atoms with Crippen LogP contribution in [0, 0.1) is 5.92 Å². The average Bonchev–Trinajstić information content (AvgIpc) is 2.84. The largest absolute Gasteiger partial charge is 0.465 e. The highest BCUT2D eigenvalue weighted by Crippen LogP contribution is 2.40. The summed E-state index contributed by atoms with van der Waals surface area (Å²) in [5, 5.41) is 0. The molecule has 1 amide bonds. The van der Waals surface area contributed by atoms with Crippen LogP contribution in [0.15, 0.2) is 36.4 Å². The fraction of sp³-hybridized carbons (Fsp3) is 0.462. The van der Waals surface area contributed by atoms with Crippen LogP contribution < -0.4 is 15.4 Å². The zero-order valence-corrected chi connectivity index (χ0v) is 20.2. The summed E-state index contributed by atoms with van der Waals surface area (Å²) in [6.45, 7) is 3.65. The first-order valence-electron chi connectivity index (χ1n) is 11.7. The molecule has 35 heavy (non-hydrogen) atoms. The summed E-state index contributed by atoms with van der Waals surface area (Å²) >= 11 is 0. The molecule has 0 unspecified atom stereocenters. The third-order valence-corrected chi connectivity index (χ3v) is 6.15. The third kappa shape index (κ3) is 6.14. The molecule has 2 aromatic rings. The van der Waals surface area contributed by atoms with E-state index in [4.69, 9.17) is 15.2 Å². The molecule has 3 rings (SSSR count). The lowest BCUT2D eigenvalue weighted by molar-refractivity contribution is -0.138. The van der Waals surface area contributed by atoms with E-state index in [0.717, 1.165) is 38.2 Å². The Morgan fingerprint density at radius 2 is 1.77 bits per heavy atom. The molecule has 2 N–H and O–H groups in total. The summed E-state index contributed by atoms with van der Waals surface area (Å²) in [4.78, 5) is 27.6. The molecular formula is C26H31F3N2O4. The Balaban J connectivity index is 2.02. The Labute approximate surface area is 203 Å². The van der Waals surface area contributed by atoms with Gasteiger partial charge < -0.3 is 20.1 Å². The Bertz CT molecular complexity index is 1060. The van der Waals surface area contributed by atoms with Crippen molar-refractivity contribution < 1.29 is 32.2 Å². The zero-order valence-electron chi connectivity index (χ0n) is 20.2. The number of anilines is 1. The quantitative estimate of drug-likeness (QED) is 0.475. The van der Waals surface area contributed by atoms with Crippen molar-refractivity contribution in [3.63, 3.8) is 0 Å². The third-order valence-electron chi connectivity index (χ3n) is 6.15. The van der Waals surface area contributed by atoms with Crippen LogP contribution in [0.25, 0.3) is 0 Å². The van der Waals surface area contributed by atoms with E-state index in [-0.39, 0.29) is 35.7 Å². The molecule has 1 fully saturated rings. The van der Waals surface area contributed by atoms with Gasteiger partial charge in [0.2, 0.25) is 5.91 Å². The summed E-state index contributed by atoms with van der Waals surface area (Å²) in [7, 11) is 1.20. The summed E-state index contributed by atoms with van der Waals surface area (Å²) in [6, 6.07) is 7.61. The number of benzene rings is 2. The number of amides is 1. The number of nitrogens with two attached hydrogens (primary N) is 1. The second-order valence-electron chi connectivity index (χ2n) is 8.94. The van der Waals surface area contributed by atoms with E-state index >= 15 is 0 Å². The van der Waals surface area contributed by atoms with Gasteiger partial charge in [-0.3, -0.25) is 4.79 Å². The number of alkyl halides is 3. The molecule has 1 aliphatic carbocycles. The van der Waals surface area contributed by atoms with Crippen molar-refractivity contribution in [1.82, 2.24) is 0 Å². The van der Waals surface area contributed by atoms with E-state index < -0.39 is 23.5 Å². The highest BCUT2D eigenvalue weighted by molar-refractivity contribution is 6.04. The highest BCUT2D eigenvalue weighted by Gasteiger charge is 2.35. The maximum Gasteiger partial charge on any atom is 0.419 e. The van der Waals surface area contributed by atoms with Crippen molar-refractivity contribution in [3.8, 4) is 11.5 Å². The van der Waals surface area contributed by atoms with Gasteiger partial charge in [0.15, 0.2) is 0 Å². The summed E-state index contributed by atoms with van der Waals surface area (Å²) in [5.41, 5.74) is 5.20. The van der Waals surface area contributed by atoms with Crippen molar-refractivity contribution in [2.24, 2.45) is 11.7 Å². The topological polar surface area (TPSA) is 81.9 Å². The number of hydrogen-bond donors (Lipinski definition) is 1. The predicted octanol–water partition coefficient (Wildman–Crippen LogP) is 6.06. The monoisotopic (exact) mass is 492 g/mol. The molecule has 1 aliphatic rings. The zero-order chi connectivity index (χ0) is 25.8. The molecule has 0 radical (unpaired) electrons. The summed E-state index contributed by atoms with van der Waals surface area (Å²) < 4.78 is 51.3. The van der Waals surface area contributed by atoms with E-state index in [1.807, 2.05) is 13.8 Å². The second-order valence-corrected chi connectivity index (χ2v) is 8.94. The molecule has 0 bridgehead atoms. The SMILES string of the molecule is COC(=O)c1cc(Oc2ccc(CN)cc2C(F)(F)F)ccc1N(C(=O)C1CCCCC1)C(C)C. The van der Waals surface area contributed by atoms with E-state index in [2.05, 4.69) is 0 Å². The lowest BCUT2D eigenvalue weighted by atomic mass is 9.87. The van der Waals surface area contributed by atoms with Gasteiger partial charge in [-0.2, -0.15) is 13.2 Å². The second kappa shape index (κ2) is 11.1. The Morgan fingerprint density at radius 1 is 1.09 bits per heavy atom. The predicted molar refractivity (Wildman–Crippen MR) is 126 cm³/mol. The fourth-order valence-electron chi connectivity index (χ4n) is 4.40. The number of carbonyl (C=O) groups excluding carboxylic acids is 2. The van der Waals surface area contributed by atoms with Gasteiger partial charge in [0.05, 0.1) is 23.9 Å². The Hall–Kier alpha value is -3.07. The van der Waals surface area contributed by atoms with Crippen LogP contribution in [0.5, 0.6) is 11.5 Å². The minimum absolute atomic E-state index is 0.00831. The lowest BCUT2D eigenvalue weighted by Gasteiger charge is -2.33. The van der Waals surface area contributed by atoms with Gasteiger partial charge in [0.25, 0.3) is 0 Å². The van der Waals surface area contributed by atoms with Crippen LogP contribution in [-0.2, 0) is 22.3 Å². The van der Waals surface area contributed by atoms with E-state index in [1.54, 1.807) is 4.90 Å². The molecule has 0 heterocycles. The fourth-order valence-corrected chi connectivity index (χ4v) is 4.40. The van der Waals surface area contributed by atoms with Crippen molar-refractivity contribution in [1.29, 1.82) is 0 Å². The normalized spacial score (nSPS) is 14.6. The number of nitrogens with zero attached hydrogens (tertiary/aromatic N) is 1. The number of methoxy groups -OCH3 is 1. The number of hydrogen-bond acceptors (Lipinski definition) is 5. The number of esters is 1. The van der Waals surface area contributed by atoms with Crippen molar-refractivity contribution in [2.45, 2.75) is 64.7 Å². The first-order chi connectivity index (χ1) is 16.6. The van der Waals surface area contributed by atoms with Gasteiger partial charge in [-0.15, -0.1) is 0 Å². The molecule has 0 atom stereocenters. The van der Waals surface area contributed by atoms with Crippen LogP contribution in [0.4, 0.5) is 18.9 Å². The molecule has 190 valence electrons.